The molecule has 0 heterocycles. The van der Waals surface area contributed by atoms with Gasteiger partial charge in [0.15, 0.2) is 0 Å². The maximum absolute atomic E-state index is 5.57. The molecule has 0 unspecified atom stereocenters. The SMILES string of the molecule is CCOc1ccc(C=C(CN(CC)CC)c2ccc(OCC)cc2)cc1. The molecule has 0 saturated carbocycles. The lowest BCUT2D eigenvalue weighted by Crippen LogP contribution is -2.24. The summed E-state index contributed by atoms with van der Waals surface area (Å²) in [5.74, 6) is 1.83. The predicted molar refractivity (Wildman–Crippen MR) is 111 cm³/mol. The van der Waals surface area contributed by atoms with Gasteiger partial charge in [-0.05, 0) is 74.0 Å². The van der Waals surface area contributed by atoms with Crippen molar-refractivity contribution in [1.29, 1.82) is 0 Å². The molecule has 2 aromatic rings. The summed E-state index contributed by atoms with van der Waals surface area (Å²) in [6, 6.07) is 16.7. The topological polar surface area (TPSA) is 21.7 Å². The third kappa shape index (κ3) is 5.92. The van der Waals surface area contributed by atoms with Crippen molar-refractivity contribution in [3.05, 3.63) is 59.7 Å². The summed E-state index contributed by atoms with van der Waals surface area (Å²) in [4.78, 5) is 2.43. The van der Waals surface area contributed by atoms with Gasteiger partial charge in [-0.1, -0.05) is 38.1 Å². The highest BCUT2D eigenvalue weighted by atomic mass is 16.5. The summed E-state index contributed by atoms with van der Waals surface area (Å²) in [6.07, 6.45) is 2.27. The summed E-state index contributed by atoms with van der Waals surface area (Å²) in [6.45, 7) is 12.8. The molecule has 3 nitrogen and oxygen atoms in total. The van der Waals surface area contributed by atoms with E-state index in [1.54, 1.807) is 0 Å². The van der Waals surface area contributed by atoms with Gasteiger partial charge in [-0.3, -0.25) is 4.90 Å². The molecule has 26 heavy (non-hydrogen) atoms. The van der Waals surface area contributed by atoms with Gasteiger partial charge in [0.1, 0.15) is 11.5 Å². The second kappa shape index (κ2) is 10.7. The van der Waals surface area contributed by atoms with E-state index in [0.29, 0.717) is 13.2 Å². The molecule has 0 N–H and O–H groups in total. The zero-order valence-corrected chi connectivity index (χ0v) is 16.5. The maximum atomic E-state index is 5.57. The van der Waals surface area contributed by atoms with Crippen molar-refractivity contribution in [2.75, 3.05) is 32.8 Å². The van der Waals surface area contributed by atoms with Crippen LogP contribution < -0.4 is 9.47 Å². The molecule has 0 spiro atoms. The van der Waals surface area contributed by atoms with Gasteiger partial charge in [-0.2, -0.15) is 0 Å². The van der Waals surface area contributed by atoms with E-state index in [9.17, 15) is 0 Å². The number of hydrogen-bond donors (Lipinski definition) is 0. The normalized spacial score (nSPS) is 11.7. The van der Waals surface area contributed by atoms with Gasteiger partial charge in [0.05, 0.1) is 13.2 Å². The monoisotopic (exact) mass is 353 g/mol. The first kappa shape index (κ1) is 20.1. The first-order chi connectivity index (χ1) is 12.7. The van der Waals surface area contributed by atoms with Gasteiger partial charge < -0.3 is 9.47 Å². The molecular weight excluding hydrogens is 322 g/mol. The molecule has 140 valence electrons. The third-order valence-electron chi connectivity index (χ3n) is 4.36. The van der Waals surface area contributed by atoms with E-state index in [2.05, 4.69) is 49.1 Å². The highest BCUT2D eigenvalue weighted by molar-refractivity contribution is 5.82. The molecule has 0 atom stereocenters. The minimum absolute atomic E-state index is 0.688. The van der Waals surface area contributed by atoms with E-state index in [1.165, 1.54) is 16.7 Å². The Labute approximate surface area is 158 Å². The minimum Gasteiger partial charge on any atom is -0.494 e. The second-order valence-electron chi connectivity index (χ2n) is 6.09. The molecule has 0 amide bonds. The van der Waals surface area contributed by atoms with Gasteiger partial charge in [0, 0.05) is 6.54 Å². The molecular formula is C23H31NO2. The zero-order valence-electron chi connectivity index (χ0n) is 16.5. The molecule has 0 aliphatic rings. The van der Waals surface area contributed by atoms with Gasteiger partial charge in [-0.15, -0.1) is 0 Å². The molecule has 0 aliphatic carbocycles. The van der Waals surface area contributed by atoms with Crippen LogP contribution in [0.2, 0.25) is 0 Å². The Balaban J connectivity index is 2.29. The Morgan fingerprint density at radius 2 is 1.27 bits per heavy atom. The van der Waals surface area contributed by atoms with Gasteiger partial charge in [0.2, 0.25) is 0 Å². The number of nitrogens with zero attached hydrogens (tertiary/aromatic N) is 1. The first-order valence-corrected chi connectivity index (χ1v) is 9.59. The van der Waals surface area contributed by atoms with Crippen molar-refractivity contribution in [3.8, 4) is 11.5 Å². The fourth-order valence-electron chi connectivity index (χ4n) is 2.87. The average molecular weight is 354 g/mol. The molecule has 0 fully saturated rings. The standard InChI is InChI=1S/C23H31NO2/c1-5-24(6-2)18-21(20-11-15-23(16-12-20)26-8-4)17-19-9-13-22(14-10-19)25-7-3/h9-17H,5-8,18H2,1-4H3. The lowest BCUT2D eigenvalue weighted by molar-refractivity contribution is 0.339. The van der Waals surface area contributed by atoms with Crippen LogP contribution in [0.1, 0.15) is 38.8 Å². The van der Waals surface area contributed by atoms with Crippen LogP contribution in [0.25, 0.3) is 11.6 Å². The number of benzene rings is 2. The molecule has 0 aliphatic heterocycles. The largest absolute Gasteiger partial charge is 0.494 e. The van der Waals surface area contributed by atoms with Gasteiger partial charge in [-0.25, -0.2) is 0 Å². The molecule has 0 radical (unpaired) electrons. The van der Waals surface area contributed by atoms with Crippen LogP contribution in [-0.4, -0.2) is 37.7 Å². The van der Waals surface area contributed by atoms with Crippen LogP contribution in [0.15, 0.2) is 48.5 Å². The van der Waals surface area contributed by atoms with Crippen LogP contribution in [0.3, 0.4) is 0 Å². The number of likely N-dealkylation sites (N-methyl/N-ethyl adjacent to an activating group) is 1. The van der Waals surface area contributed by atoms with E-state index < -0.39 is 0 Å². The molecule has 0 aromatic heterocycles. The summed E-state index contributed by atoms with van der Waals surface area (Å²) in [5, 5.41) is 0. The van der Waals surface area contributed by atoms with Crippen molar-refractivity contribution < 1.29 is 9.47 Å². The second-order valence-corrected chi connectivity index (χ2v) is 6.09. The summed E-state index contributed by atoms with van der Waals surface area (Å²) in [5.41, 5.74) is 3.72. The van der Waals surface area contributed by atoms with Crippen LogP contribution in [-0.2, 0) is 0 Å². The first-order valence-electron chi connectivity index (χ1n) is 9.59. The van der Waals surface area contributed by atoms with Gasteiger partial charge >= 0.3 is 0 Å². The Kier molecular flexibility index (Phi) is 8.23. The van der Waals surface area contributed by atoms with E-state index in [4.69, 9.17) is 9.47 Å². The lowest BCUT2D eigenvalue weighted by atomic mass is 10.0. The smallest absolute Gasteiger partial charge is 0.119 e. The van der Waals surface area contributed by atoms with Crippen molar-refractivity contribution >= 4 is 11.6 Å². The lowest BCUT2D eigenvalue weighted by Gasteiger charge is -2.21. The van der Waals surface area contributed by atoms with E-state index in [0.717, 1.165) is 31.1 Å². The molecule has 2 aromatic carbocycles. The van der Waals surface area contributed by atoms with E-state index in [1.807, 2.05) is 38.1 Å². The number of ether oxygens (including phenoxy) is 2. The van der Waals surface area contributed by atoms with Crippen LogP contribution in [0, 0.1) is 0 Å². The van der Waals surface area contributed by atoms with Crippen molar-refractivity contribution in [3.63, 3.8) is 0 Å². The van der Waals surface area contributed by atoms with Crippen molar-refractivity contribution in [2.24, 2.45) is 0 Å². The average Bonchev–Trinajstić information content (AvgIpc) is 2.67. The third-order valence-corrected chi connectivity index (χ3v) is 4.36. The van der Waals surface area contributed by atoms with Crippen molar-refractivity contribution in [1.82, 2.24) is 4.90 Å². The highest BCUT2D eigenvalue weighted by Crippen LogP contribution is 2.23. The van der Waals surface area contributed by atoms with Crippen LogP contribution in [0.5, 0.6) is 11.5 Å². The van der Waals surface area contributed by atoms with Crippen LogP contribution >= 0.6 is 0 Å². The van der Waals surface area contributed by atoms with Crippen molar-refractivity contribution in [2.45, 2.75) is 27.7 Å². The fourth-order valence-corrected chi connectivity index (χ4v) is 2.87. The Hall–Kier alpha value is -2.26. The summed E-state index contributed by atoms with van der Waals surface area (Å²) in [7, 11) is 0. The maximum Gasteiger partial charge on any atom is 0.119 e. The van der Waals surface area contributed by atoms with E-state index in [-0.39, 0.29) is 0 Å². The Morgan fingerprint density at radius 3 is 1.73 bits per heavy atom. The van der Waals surface area contributed by atoms with Gasteiger partial charge in [0.25, 0.3) is 0 Å². The summed E-state index contributed by atoms with van der Waals surface area (Å²) < 4.78 is 11.1. The Morgan fingerprint density at radius 1 is 0.769 bits per heavy atom. The summed E-state index contributed by atoms with van der Waals surface area (Å²) >= 11 is 0. The highest BCUT2D eigenvalue weighted by Gasteiger charge is 2.08. The van der Waals surface area contributed by atoms with Crippen LogP contribution in [0.4, 0.5) is 0 Å². The predicted octanol–water partition coefficient (Wildman–Crippen LogP) is 5.37. The molecule has 3 heteroatoms. The van der Waals surface area contributed by atoms with E-state index >= 15 is 0 Å². The number of hydrogen-bond acceptors (Lipinski definition) is 3. The molecule has 2 rings (SSSR count). The zero-order chi connectivity index (χ0) is 18.8. The molecule has 0 saturated heterocycles. The Bertz CT molecular complexity index is 670. The fraction of sp³-hybridized carbons (Fsp3) is 0.391. The molecule has 0 bridgehead atoms. The minimum atomic E-state index is 0.688. The number of rotatable bonds is 10. The quantitative estimate of drug-likeness (QED) is 0.536.